The second kappa shape index (κ2) is 3.28. The molecule has 5 nitrogen and oxygen atoms in total. The first kappa shape index (κ1) is 9.28. The Morgan fingerprint density at radius 2 is 2.25 bits per heavy atom. The number of carboxylic acid groups (broad SMARTS) is 1. The highest BCUT2D eigenvalue weighted by molar-refractivity contribution is 5.65. The number of hydrogen-bond donors (Lipinski definition) is 2. The van der Waals surface area contributed by atoms with Crippen molar-refractivity contribution >= 4 is 6.09 Å². The summed E-state index contributed by atoms with van der Waals surface area (Å²) in [5.41, 5.74) is 0. The standard InChI is InChI=1S/C7H13NO4/c1-12-7(11)4-2-3-5-8(7)6(9)10/h11H,2-5H2,1H3,(H,9,10)/t7-/m0/s1. The number of amides is 1. The van der Waals surface area contributed by atoms with E-state index in [1.165, 1.54) is 7.11 Å². The Kier molecular flexibility index (Phi) is 2.54. The molecule has 0 spiro atoms. The first-order valence-corrected chi connectivity index (χ1v) is 3.88. The summed E-state index contributed by atoms with van der Waals surface area (Å²) in [7, 11) is 1.31. The Hall–Kier alpha value is -0.810. The van der Waals surface area contributed by atoms with E-state index in [1.54, 1.807) is 0 Å². The second-order valence-corrected chi connectivity index (χ2v) is 2.84. The molecular weight excluding hydrogens is 162 g/mol. The number of nitrogens with zero attached hydrogens (tertiary/aromatic N) is 1. The van der Waals surface area contributed by atoms with Crippen LogP contribution >= 0.6 is 0 Å². The molecule has 1 atom stereocenters. The Balaban J connectivity index is 2.73. The number of likely N-dealkylation sites (tertiary alicyclic amines) is 1. The molecule has 0 bridgehead atoms. The normalized spacial score (nSPS) is 30.3. The summed E-state index contributed by atoms with van der Waals surface area (Å²) in [4.78, 5) is 11.5. The number of carbonyl (C=O) groups is 1. The van der Waals surface area contributed by atoms with Gasteiger partial charge >= 0.3 is 6.09 Å². The van der Waals surface area contributed by atoms with Crippen molar-refractivity contribution in [1.29, 1.82) is 0 Å². The summed E-state index contributed by atoms with van der Waals surface area (Å²) in [6.45, 7) is 0.333. The summed E-state index contributed by atoms with van der Waals surface area (Å²) in [6, 6.07) is 0. The van der Waals surface area contributed by atoms with Crippen molar-refractivity contribution in [3.8, 4) is 0 Å². The van der Waals surface area contributed by atoms with Crippen LogP contribution in [-0.4, -0.2) is 40.8 Å². The minimum atomic E-state index is -1.61. The Labute approximate surface area is 70.5 Å². The van der Waals surface area contributed by atoms with Crippen molar-refractivity contribution in [2.24, 2.45) is 0 Å². The Morgan fingerprint density at radius 3 is 2.67 bits per heavy atom. The van der Waals surface area contributed by atoms with Crippen LogP contribution in [0.1, 0.15) is 19.3 Å². The number of piperidine rings is 1. The van der Waals surface area contributed by atoms with E-state index in [0.717, 1.165) is 17.7 Å². The maximum Gasteiger partial charge on any atom is 0.411 e. The molecule has 0 saturated carbocycles. The van der Waals surface area contributed by atoms with Gasteiger partial charge in [-0.2, -0.15) is 0 Å². The molecule has 1 aliphatic rings. The van der Waals surface area contributed by atoms with Gasteiger partial charge in [-0.15, -0.1) is 0 Å². The number of methoxy groups -OCH3 is 1. The average molecular weight is 175 g/mol. The van der Waals surface area contributed by atoms with Crippen molar-refractivity contribution in [3.63, 3.8) is 0 Å². The van der Waals surface area contributed by atoms with Gasteiger partial charge in [-0.25, -0.2) is 4.79 Å². The van der Waals surface area contributed by atoms with E-state index in [2.05, 4.69) is 0 Å². The fraction of sp³-hybridized carbons (Fsp3) is 0.857. The smallest absolute Gasteiger partial charge is 0.411 e. The summed E-state index contributed by atoms with van der Waals surface area (Å²) in [5, 5.41) is 18.3. The molecular formula is C7H13NO4. The molecule has 70 valence electrons. The number of ether oxygens (including phenoxy) is 1. The van der Waals surface area contributed by atoms with Crippen molar-refractivity contribution in [2.75, 3.05) is 13.7 Å². The Morgan fingerprint density at radius 1 is 1.58 bits per heavy atom. The van der Waals surface area contributed by atoms with E-state index in [-0.39, 0.29) is 0 Å². The molecule has 12 heavy (non-hydrogen) atoms. The zero-order valence-corrected chi connectivity index (χ0v) is 6.99. The number of aliphatic hydroxyl groups is 1. The lowest BCUT2D eigenvalue weighted by Crippen LogP contribution is -2.55. The molecule has 2 N–H and O–H groups in total. The van der Waals surface area contributed by atoms with Crippen LogP contribution in [-0.2, 0) is 4.74 Å². The number of hydrogen-bond acceptors (Lipinski definition) is 3. The summed E-state index contributed by atoms with van der Waals surface area (Å²) >= 11 is 0. The maximum absolute atomic E-state index is 10.6. The van der Waals surface area contributed by atoms with Gasteiger partial charge in [0.1, 0.15) is 0 Å². The largest absolute Gasteiger partial charge is 0.465 e. The highest BCUT2D eigenvalue weighted by atomic mass is 16.6. The van der Waals surface area contributed by atoms with E-state index in [0.29, 0.717) is 13.0 Å². The van der Waals surface area contributed by atoms with Crippen LogP contribution in [0.15, 0.2) is 0 Å². The van der Waals surface area contributed by atoms with E-state index < -0.39 is 12.0 Å². The summed E-state index contributed by atoms with van der Waals surface area (Å²) in [6.07, 6.45) is 0.765. The highest BCUT2D eigenvalue weighted by Gasteiger charge is 2.40. The van der Waals surface area contributed by atoms with Gasteiger partial charge in [-0.1, -0.05) is 0 Å². The number of rotatable bonds is 1. The van der Waals surface area contributed by atoms with E-state index in [1.807, 2.05) is 0 Å². The first-order valence-electron chi connectivity index (χ1n) is 3.88. The molecule has 0 aromatic rings. The third kappa shape index (κ3) is 1.51. The topological polar surface area (TPSA) is 70.0 Å². The molecule has 5 heteroatoms. The molecule has 1 amide bonds. The molecule has 0 radical (unpaired) electrons. The van der Waals surface area contributed by atoms with E-state index in [4.69, 9.17) is 9.84 Å². The molecule has 1 aliphatic heterocycles. The van der Waals surface area contributed by atoms with Gasteiger partial charge in [-0.3, -0.25) is 4.90 Å². The molecule has 0 aromatic heterocycles. The maximum atomic E-state index is 10.6. The lowest BCUT2D eigenvalue weighted by molar-refractivity contribution is -0.279. The van der Waals surface area contributed by atoms with Crippen LogP contribution in [0, 0.1) is 0 Å². The zero-order chi connectivity index (χ0) is 9.19. The van der Waals surface area contributed by atoms with Gasteiger partial charge in [0.05, 0.1) is 0 Å². The van der Waals surface area contributed by atoms with Gasteiger partial charge in [-0.05, 0) is 12.8 Å². The van der Waals surface area contributed by atoms with Gasteiger partial charge < -0.3 is 14.9 Å². The van der Waals surface area contributed by atoms with Gasteiger partial charge in [0.25, 0.3) is 5.91 Å². The third-order valence-electron chi connectivity index (χ3n) is 2.11. The van der Waals surface area contributed by atoms with Crippen molar-refractivity contribution in [2.45, 2.75) is 25.2 Å². The summed E-state index contributed by atoms with van der Waals surface area (Å²) in [5.74, 6) is -1.61. The van der Waals surface area contributed by atoms with Gasteiger partial charge in [0.2, 0.25) is 0 Å². The molecule has 1 saturated heterocycles. The fourth-order valence-corrected chi connectivity index (χ4v) is 1.39. The molecule has 0 aliphatic carbocycles. The minimum absolute atomic E-state index is 0.333. The van der Waals surface area contributed by atoms with Crippen molar-refractivity contribution in [3.05, 3.63) is 0 Å². The van der Waals surface area contributed by atoms with E-state index >= 15 is 0 Å². The molecule has 1 heterocycles. The minimum Gasteiger partial charge on any atom is -0.465 e. The summed E-state index contributed by atoms with van der Waals surface area (Å²) < 4.78 is 4.75. The van der Waals surface area contributed by atoms with E-state index in [9.17, 15) is 9.90 Å². The van der Waals surface area contributed by atoms with Crippen LogP contribution in [0.3, 0.4) is 0 Å². The van der Waals surface area contributed by atoms with Gasteiger partial charge in [0.15, 0.2) is 0 Å². The third-order valence-corrected chi connectivity index (χ3v) is 2.11. The van der Waals surface area contributed by atoms with Crippen molar-refractivity contribution < 1.29 is 19.7 Å². The van der Waals surface area contributed by atoms with Crippen LogP contribution in [0.5, 0.6) is 0 Å². The van der Waals surface area contributed by atoms with Crippen LogP contribution in [0.2, 0.25) is 0 Å². The predicted molar refractivity (Wildman–Crippen MR) is 40.5 cm³/mol. The van der Waals surface area contributed by atoms with Crippen molar-refractivity contribution in [1.82, 2.24) is 4.90 Å². The van der Waals surface area contributed by atoms with Crippen LogP contribution < -0.4 is 0 Å². The van der Waals surface area contributed by atoms with Crippen LogP contribution in [0.25, 0.3) is 0 Å². The fourth-order valence-electron chi connectivity index (χ4n) is 1.39. The lowest BCUT2D eigenvalue weighted by atomic mass is 10.1. The SMILES string of the molecule is CO[C@@]1(O)CCCCN1C(=O)O. The lowest BCUT2D eigenvalue weighted by Gasteiger charge is -2.39. The highest BCUT2D eigenvalue weighted by Crippen LogP contribution is 2.25. The zero-order valence-electron chi connectivity index (χ0n) is 6.99. The first-order chi connectivity index (χ1) is 5.60. The molecule has 1 fully saturated rings. The van der Waals surface area contributed by atoms with Crippen LogP contribution in [0.4, 0.5) is 4.79 Å². The Bertz CT molecular complexity index is 184. The monoisotopic (exact) mass is 175 g/mol. The molecule has 0 unspecified atom stereocenters. The average Bonchev–Trinajstić information content (AvgIpc) is 2.05. The molecule has 1 rings (SSSR count). The predicted octanol–water partition coefficient (Wildman–Crippen LogP) is 0.443. The molecule has 0 aromatic carbocycles. The second-order valence-electron chi connectivity index (χ2n) is 2.84. The van der Waals surface area contributed by atoms with Gasteiger partial charge in [0, 0.05) is 20.1 Å². The quantitative estimate of drug-likeness (QED) is 0.567.